The number of aryl methyl sites for hydroxylation is 1. The average Bonchev–Trinajstić information content (AvgIpc) is 3.14. The third-order valence-corrected chi connectivity index (χ3v) is 3.56. The van der Waals surface area contributed by atoms with Gasteiger partial charge in [-0.2, -0.15) is 0 Å². The summed E-state index contributed by atoms with van der Waals surface area (Å²) >= 11 is 0. The summed E-state index contributed by atoms with van der Waals surface area (Å²) in [6, 6.07) is 7.78. The molecule has 0 unspecified atom stereocenters. The number of H-pyrrole nitrogens is 1. The molecule has 1 aromatic heterocycles. The molecule has 1 saturated carbocycles. The molecular formula is C15H16N2O3. The van der Waals surface area contributed by atoms with Crippen molar-refractivity contribution in [1.82, 2.24) is 9.88 Å². The van der Waals surface area contributed by atoms with Crippen LogP contribution in [-0.2, 0) is 4.79 Å². The van der Waals surface area contributed by atoms with Gasteiger partial charge < -0.3 is 15.0 Å². The first-order valence-electron chi connectivity index (χ1n) is 6.67. The lowest BCUT2D eigenvalue weighted by Crippen LogP contribution is -2.37. The number of benzene rings is 1. The summed E-state index contributed by atoms with van der Waals surface area (Å²) in [6.45, 7) is 1.75. The molecule has 0 spiro atoms. The van der Waals surface area contributed by atoms with Gasteiger partial charge in [0.25, 0.3) is 5.91 Å². The van der Waals surface area contributed by atoms with Crippen LogP contribution in [0.3, 0.4) is 0 Å². The Morgan fingerprint density at radius 1 is 1.35 bits per heavy atom. The van der Waals surface area contributed by atoms with Gasteiger partial charge in [-0.05, 0) is 37.5 Å². The first kappa shape index (κ1) is 12.7. The molecule has 5 heteroatoms. The van der Waals surface area contributed by atoms with E-state index in [4.69, 9.17) is 5.11 Å². The van der Waals surface area contributed by atoms with Gasteiger partial charge in [-0.15, -0.1) is 0 Å². The summed E-state index contributed by atoms with van der Waals surface area (Å²) in [5, 5.41) is 9.89. The number of fused-ring (bicyclic) bond motifs is 1. The minimum atomic E-state index is -0.975. The number of carboxylic acid groups (broad SMARTS) is 1. The molecular weight excluding hydrogens is 256 g/mol. The Morgan fingerprint density at radius 3 is 2.75 bits per heavy atom. The van der Waals surface area contributed by atoms with Crippen LogP contribution >= 0.6 is 0 Å². The monoisotopic (exact) mass is 272 g/mol. The maximum Gasteiger partial charge on any atom is 0.323 e. The molecule has 2 aromatic rings. The summed E-state index contributed by atoms with van der Waals surface area (Å²) in [5.74, 6) is -1.21. The number of aromatic nitrogens is 1. The molecule has 1 amide bonds. The fourth-order valence-electron chi connectivity index (χ4n) is 2.41. The van der Waals surface area contributed by atoms with E-state index in [1.54, 1.807) is 6.07 Å². The zero-order valence-corrected chi connectivity index (χ0v) is 11.2. The number of carboxylic acids is 1. The topological polar surface area (TPSA) is 73.4 Å². The van der Waals surface area contributed by atoms with E-state index in [0.717, 1.165) is 29.3 Å². The molecule has 0 bridgehead atoms. The normalized spacial score (nSPS) is 14.4. The zero-order valence-electron chi connectivity index (χ0n) is 11.2. The molecule has 20 heavy (non-hydrogen) atoms. The largest absolute Gasteiger partial charge is 0.480 e. The average molecular weight is 272 g/mol. The Bertz CT molecular complexity index is 685. The number of carbonyl (C=O) groups excluding carboxylic acids is 1. The van der Waals surface area contributed by atoms with Crippen LogP contribution in [0.25, 0.3) is 10.9 Å². The number of nitrogens with one attached hydrogen (secondary N) is 1. The van der Waals surface area contributed by atoms with Gasteiger partial charge >= 0.3 is 5.97 Å². The molecule has 3 rings (SSSR count). The number of aromatic amines is 1. The van der Waals surface area contributed by atoms with Crippen molar-refractivity contribution in [2.45, 2.75) is 25.8 Å². The van der Waals surface area contributed by atoms with Gasteiger partial charge in [-0.3, -0.25) is 9.59 Å². The van der Waals surface area contributed by atoms with E-state index in [2.05, 4.69) is 4.98 Å². The Balaban J connectivity index is 1.92. The summed E-state index contributed by atoms with van der Waals surface area (Å²) in [6.07, 6.45) is 1.77. The van der Waals surface area contributed by atoms with E-state index >= 15 is 0 Å². The van der Waals surface area contributed by atoms with Crippen LogP contribution in [0.4, 0.5) is 0 Å². The van der Waals surface area contributed by atoms with Crippen molar-refractivity contribution in [2.24, 2.45) is 0 Å². The number of aliphatic carboxylic acids is 1. The summed E-state index contributed by atoms with van der Waals surface area (Å²) < 4.78 is 0. The number of carbonyl (C=O) groups is 2. The van der Waals surface area contributed by atoms with Crippen LogP contribution in [0.5, 0.6) is 0 Å². The standard InChI is InChI=1S/C15H16N2O3/c1-9-2-3-10-7-13(16-12(10)6-9)15(20)17(8-14(18)19)11-4-5-11/h2-3,6-7,11,16H,4-5,8H2,1H3,(H,18,19). The predicted molar refractivity (Wildman–Crippen MR) is 74.7 cm³/mol. The van der Waals surface area contributed by atoms with Crippen molar-refractivity contribution in [2.75, 3.05) is 6.54 Å². The van der Waals surface area contributed by atoms with E-state index < -0.39 is 5.97 Å². The second-order valence-electron chi connectivity index (χ2n) is 5.33. The first-order valence-corrected chi connectivity index (χ1v) is 6.67. The number of hydrogen-bond acceptors (Lipinski definition) is 2. The van der Waals surface area contributed by atoms with E-state index in [1.807, 2.05) is 25.1 Å². The molecule has 0 saturated heterocycles. The smallest absolute Gasteiger partial charge is 0.323 e. The Morgan fingerprint density at radius 2 is 2.10 bits per heavy atom. The van der Waals surface area contributed by atoms with Crippen molar-refractivity contribution in [3.8, 4) is 0 Å². The van der Waals surface area contributed by atoms with Gasteiger partial charge in [0, 0.05) is 16.9 Å². The van der Waals surface area contributed by atoms with Gasteiger partial charge in [0.2, 0.25) is 0 Å². The van der Waals surface area contributed by atoms with E-state index in [0.29, 0.717) is 5.69 Å². The highest BCUT2D eigenvalue weighted by molar-refractivity contribution is 5.99. The minimum absolute atomic E-state index is 0.0757. The fourth-order valence-corrected chi connectivity index (χ4v) is 2.41. The molecule has 1 aromatic carbocycles. The summed E-state index contributed by atoms with van der Waals surface area (Å²) in [7, 11) is 0. The van der Waals surface area contributed by atoms with Crippen LogP contribution in [0.2, 0.25) is 0 Å². The van der Waals surface area contributed by atoms with E-state index in [1.165, 1.54) is 4.90 Å². The lowest BCUT2D eigenvalue weighted by Gasteiger charge is -2.19. The maximum atomic E-state index is 12.4. The van der Waals surface area contributed by atoms with Crippen molar-refractivity contribution in [3.63, 3.8) is 0 Å². The van der Waals surface area contributed by atoms with Crippen molar-refractivity contribution < 1.29 is 14.7 Å². The van der Waals surface area contributed by atoms with Gasteiger partial charge in [-0.1, -0.05) is 12.1 Å². The van der Waals surface area contributed by atoms with E-state index in [9.17, 15) is 9.59 Å². The van der Waals surface area contributed by atoms with Crippen molar-refractivity contribution in [1.29, 1.82) is 0 Å². The molecule has 0 atom stereocenters. The molecule has 1 aliphatic carbocycles. The SMILES string of the molecule is Cc1ccc2cc(C(=O)N(CC(=O)O)C3CC3)[nH]c2c1. The van der Waals surface area contributed by atoms with Crippen LogP contribution in [0.1, 0.15) is 28.9 Å². The highest BCUT2D eigenvalue weighted by Gasteiger charge is 2.34. The third-order valence-electron chi connectivity index (χ3n) is 3.56. The lowest BCUT2D eigenvalue weighted by atomic mass is 10.2. The minimum Gasteiger partial charge on any atom is -0.480 e. The maximum absolute atomic E-state index is 12.4. The summed E-state index contributed by atoms with van der Waals surface area (Å²) in [4.78, 5) is 27.9. The van der Waals surface area contributed by atoms with Gasteiger partial charge in [0.15, 0.2) is 0 Å². The predicted octanol–water partition coefficient (Wildman–Crippen LogP) is 2.17. The second kappa shape index (κ2) is 4.67. The molecule has 1 fully saturated rings. The van der Waals surface area contributed by atoms with Crippen LogP contribution in [0, 0.1) is 6.92 Å². The van der Waals surface area contributed by atoms with Gasteiger partial charge in [0.05, 0.1) is 0 Å². The van der Waals surface area contributed by atoms with Gasteiger partial charge in [0.1, 0.15) is 12.2 Å². The molecule has 1 heterocycles. The van der Waals surface area contributed by atoms with Crippen LogP contribution < -0.4 is 0 Å². The Hall–Kier alpha value is -2.30. The number of hydrogen-bond donors (Lipinski definition) is 2. The van der Waals surface area contributed by atoms with Crippen molar-refractivity contribution in [3.05, 3.63) is 35.5 Å². The first-order chi connectivity index (χ1) is 9.54. The Labute approximate surface area is 116 Å². The number of nitrogens with zero attached hydrogens (tertiary/aromatic N) is 1. The molecule has 1 aliphatic rings. The highest BCUT2D eigenvalue weighted by atomic mass is 16.4. The quantitative estimate of drug-likeness (QED) is 0.895. The molecule has 2 N–H and O–H groups in total. The highest BCUT2D eigenvalue weighted by Crippen LogP contribution is 2.28. The molecule has 0 radical (unpaired) electrons. The fraction of sp³-hybridized carbons (Fsp3) is 0.333. The molecule has 104 valence electrons. The van der Waals surface area contributed by atoms with Crippen LogP contribution in [0.15, 0.2) is 24.3 Å². The second-order valence-corrected chi connectivity index (χ2v) is 5.33. The number of rotatable bonds is 4. The third kappa shape index (κ3) is 2.39. The van der Waals surface area contributed by atoms with Crippen LogP contribution in [-0.4, -0.2) is 39.5 Å². The molecule has 5 nitrogen and oxygen atoms in total. The lowest BCUT2D eigenvalue weighted by molar-refractivity contribution is -0.137. The molecule has 0 aliphatic heterocycles. The Kier molecular flexibility index (Phi) is 2.97. The van der Waals surface area contributed by atoms with Gasteiger partial charge in [-0.25, -0.2) is 0 Å². The summed E-state index contributed by atoms with van der Waals surface area (Å²) in [5.41, 5.74) is 2.47. The zero-order chi connectivity index (χ0) is 14.3. The van der Waals surface area contributed by atoms with E-state index in [-0.39, 0.29) is 18.5 Å². The van der Waals surface area contributed by atoms with Crippen molar-refractivity contribution >= 4 is 22.8 Å². The number of amides is 1.